The van der Waals surface area contributed by atoms with Crippen LogP contribution in [0.4, 0.5) is 9.18 Å². The highest BCUT2D eigenvalue weighted by Gasteiger charge is 2.61. The molecule has 9 heteroatoms. The number of benzene rings is 1. The molecule has 3 amide bonds. The number of nitrogens with one attached hydrogen (secondary N) is 2. The summed E-state index contributed by atoms with van der Waals surface area (Å²) in [6.07, 6.45) is -0.618. The fraction of sp³-hybridized carbons (Fsp3) is 0.375. The number of hydrogen-bond acceptors (Lipinski definition) is 6. The maximum Gasteiger partial charge on any atom is 0.360 e. The maximum absolute atomic E-state index is 15.1. The van der Waals surface area contributed by atoms with Crippen molar-refractivity contribution >= 4 is 23.6 Å². The molecule has 0 spiro atoms. The standard InChI is InChI=1S/C16H16FN3O5/c1-2-24-14(22)16(17)12(21)18-15(23)19-13(16)25-20-11-8-7-9-5-3-4-6-10(9)11/h3-6,13H,2,7-8H2,1H3,(H2,18,19,21,23)/b20-11-. The Bertz CT molecular complexity index is 766. The van der Waals surface area contributed by atoms with Gasteiger partial charge in [-0.15, -0.1) is 0 Å². The number of ether oxygens (including phenoxy) is 1. The molecule has 0 bridgehead atoms. The van der Waals surface area contributed by atoms with Gasteiger partial charge in [-0.05, 0) is 25.3 Å². The first-order valence-electron chi connectivity index (χ1n) is 7.75. The summed E-state index contributed by atoms with van der Waals surface area (Å²) in [6.45, 7) is 1.33. The largest absolute Gasteiger partial charge is 0.463 e. The fourth-order valence-corrected chi connectivity index (χ4v) is 2.72. The predicted molar refractivity (Wildman–Crippen MR) is 83.3 cm³/mol. The molecule has 2 unspecified atom stereocenters. The molecule has 1 aliphatic carbocycles. The number of imide groups is 1. The van der Waals surface area contributed by atoms with Gasteiger partial charge in [-0.3, -0.25) is 15.4 Å². The Balaban J connectivity index is 1.86. The molecule has 1 fully saturated rings. The minimum atomic E-state index is -3.23. The highest BCUT2D eigenvalue weighted by atomic mass is 19.1. The predicted octanol–water partition coefficient (Wildman–Crippen LogP) is 0.790. The monoisotopic (exact) mass is 349 g/mol. The molecule has 2 N–H and O–H groups in total. The third-order valence-corrected chi connectivity index (χ3v) is 3.98. The third kappa shape index (κ3) is 2.92. The number of nitrogens with zero attached hydrogens (tertiary/aromatic N) is 1. The van der Waals surface area contributed by atoms with Crippen molar-refractivity contribution in [2.75, 3.05) is 6.61 Å². The molecule has 1 aromatic rings. The summed E-state index contributed by atoms with van der Waals surface area (Å²) < 4.78 is 19.7. The van der Waals surface area contributed by atoms with Gasteiger partial charge in [0.25, 0.3) is 12.1 Å². The first kappa shape index (κ1) is 16.9. The minimum absolute atomic E-state index is 0.139. The number of aryl methyl sites for hydroxylation is 1. The number of esters is 1. The van der Waals surface area contributed by atoms with Crippen molar-refractivity contribution in [1.29, 1.82) is 0 Å². The number of carbonyl (C=O) groups excluding carboxylic acids is 3. The zero-order valence-corrected chi connectivity index (χ0v) is 13.4. The molecule has 25 heavy (non-hydrogen) atoms. The molecular formula is C16H16FN3O5. The van der Waals surface area contributed by atoms with E-state index in [0.29, 0.717) is 12.1 Å². The van der Waals surface area contributed by atoms with Crippen LogP contribution < -0.4 is 10.6 Å². The van der Waals surface area contributed by atoms with Gasteiger partial charge in [0.05, 0.1) is 12.3 Å². The number of carbonyl (C=O) groups is 3. The van der Waals surface area contributed by atoms with E-state index in [1.54, 1.807) is 5.32 Å². The second kappa shape index (κ2) is 6.50. The van der Waals surface area contributed by atoms with Crippen LogP contribution in [0, 0.1) is 0 Å². The van der Waals surface area contributed by atoms with E-state index in [0.717, 1.165) is 17.5 Å². The van der Waals surface area contributed by atoms with Crippen LogP contribution in [0.1, 0.15) is 24.5 Å². The van der Waals surface area contributed by atoms with E-state index in [1.165, 1.54) is 6.92 Å². The zero-order chi connectivity index (χ0) is 18.0. The maximum atomic E-state index is 15.1. The topological polar surface area (TPSA) is 106 Å². The van der Waals surface area contributed by atoms with E-state index in [-0.39, 0.29) is 6.61 Å². The quantitative estimate of drug-likeness (QED) is 0.475. The molecule has 1 aromatic carbocycles. The van der Waals surface area contributed by atoms with Crippen LogP contribution in [0.3, 0.4) is 0 Å². The van der Waals surface area contributed by atoms with E-state index in [9.17, 15) is 14.4 Å². The Hall–Kier alpha value is -2.97. The minimum Gasteiger partial charge on any atom is -0.463 e. The zero-order valence-electron chi connectivity index (χ0n) is 13.4. The third-order valence-electron chi connectivity index (χ3n) is 3.98. The first-order chi connectivity index (χ1) is 12.0. The molecule has 0 aromatic heterocycles. The Kier molecular flexibility index (Phi) is 4.39. The molecule has 3 rings (SSSR count). The number of urea groups is 1. The summed E-state index contributed by atoms with van der Waals surface area (Å²) in [5.74, 6) is -2.91. The first-order valence-corrected chi connectivity index (χ1v) is 7.75. The second-order valence-corrected chi connectivity index (χ2v) is 5.54. The van der Waals surface area contributed by atoms with Gasteiger partial charge in [0, 0.05) is 5.56 Å². The molecule has 1 saturated heterocycles. The average Bonchev–Trinajstić information content (AvgIpc) is 3.00. The van der Waals surface area contributed by atoms with Crippen molar-refractivity contribution in [1.82, 2.24) is 10.6 Å². The SMILES string of the molecule is CCOC(=O)C1(F)C(=O)NC(=O)NC1O/N=C1/CCc2ccccc21. The van der Waals surface area contributed by atoms with Crippen LogP contribution in [0.25, 0.3) is 0 Å². The lowest BCUT2D eigenvalue weighted by atomic mass is 10.0. The van der Waals surface area contributed by atoms with E-state index in [2.05, 4.69) is 9.89 Å². The summed E-state index contributed by atoms with van der Waals surface area (Å²) in [5, 5.41) is 7.61. The Morgan fingerprint density at radius 3 is 2.88 bits per heavy atom. The lowest BCUT2D eigenvalue weighted by Gasteiger charge is -2.32. The van der Waals surface area contributed by atoms with Gasteiger partial charge in [-0.25, -0.2) is 14.0 Å². The van der Waals surface area contributed by atoms with E-state index in [1.807, 2.05) is 29.6 Å². The highest BCUT2D eigenvalue weighted by molar-refractivity contribution is 6.14. The van der Waals surface area contributed by atoms with E-state index in [4.69, 9.17) is 4.84 Å². The number of fused-ring (bicyclic) bond motifs is 1. The van der Waals surface area contributed by atoms with Crippen LogP contribution >= 0.6 is 0 Å². The van der Waals surface area contributed by atoms with Crippen LogP contribution in [-0.4, -0.2) is 42.1 Å². The lowest BCUT2D eigenvalue weighted by molar-refractivity contribution is -0.179. The highest BCUT2D eigenvalue weighted by Crippen LogP contribution is 2.26. The fourth-order valence-electron chi connectivity index (χ4n) is 2.72. The van der Waals surface area contributed by atoms with Crippen LogP contribution in [0.2, 0.25) is 0 Å². The molecule has 2 atom stereocenters. The average molecular weight is 349 g/mol. The molecule has 2 aliphatic rings. The normalized spacial score (nSPS) is 26.6. The van der Waals surface area contributed by atoms with Crippen LogP contribution in [-0.2, 0) is 25.6 Å². The van der Waals surface area contributed by atoms with Gasteiger partial charge >= 0.3 is 17.7 Å². The Morgan fingerprint density at radius 2 is 2.12 bits per heavy atom. The van der Waals surface area contributed by atoms with E-state index >= 15 is 4.39 Å². The molecular weight excluding hydrogens is 333 g/mol. The van der Waals surface area contributed by atoms with E-state index < -0.39 is 29.8 Å². The van der Waals surface area contributed by atoms with Crippen molar-refractivity contribution in [2.24, 2.45) is 5.16 Å². The summed E-state index contributed by atoms with van der Waals surface area (Å²) in [5.41, 5.74) is -0.782. The smallest absolute Gasteiger partial charge is 0.360 e. The van der Waals surface area contributed by atoms with Crippen molar-refractivity contribution in [3.05, 3.63) is 35.4 Å². The molecule has 132 valence electrons. The number of oxime groups is 1. The second-order valence-electron chi connectivity index (χ2n) is 5.54. The van der Waals surface area contributed by atoms with Gasteiger partial charge in [-0.2, -0.15) is 0 Å². The summed E-state index contributed by atoms with van der Waals surface area (Å²) in [6, 6.07) is 6.51. The van der Waals surface area contributed by atoms with Crippen molar-refractivity contribution < 1.29 is 28.3 Å². The number of hydrogen-bond donors (Lipinski definition) is 2. The van der Waals surface area contributed by atoms with Gasteiger partial charge in [0.15, 0.2) is 0 Å². The van der Waals surface area contributed by atoms with Gasteiger partial charge < -0.3 is 9.57 Å². The number of rotatable bonds is 4. The summed E-state index contributed by atoms with van der Waals surface area (Å²) >= 11 is 0. The molecule has 8 nitrogen and oxygen atoms in total. The van der Waals surface area contributed by atoms with Crippen molar-refractivity contribution in [3.63, 3.8) is 0 Å². The van der Waals surface area contributed by atoms with Crippen molar-refractivity contribution in [3.8, 4) is 0 Å². The Labute approximate surface area is 142 Å². The number of amides is 3. The molecule has 0 saturated carbocycles. The number of alkyl halides is 1. The molecule has 1 heterocycles. The summed E-state index contributed by atoms with van der Waals surface area (Å²) in [7, 11) is 0. The van der Waals surface area contributed by atoms with Gasteiger partial charge in [0.2, 0.25) is 0 Å². The van der Waals surface area contributed by atoms with Crippen LogP contribution in [0.5, 0.6) is 0 Å². The number of halogens is 1. The molecule has 1 aliphatic heterocycles. The molecule has 0 radical (unpaired) electrons. The van der Waals surface area contributed by atoms with Crippen LogP contribution in [0.15, 0.2) is 29.4 Å². The Morgan fingerprint density at radius 1 is 1.36 bits per heavy atom. The van der Waals surface area contributed by atoms with Gasteiger partial charge in [-0.1, -0.05) is 29.4 Å². The lowest BCUT2D eigenvalue weighted by Crippen LogP contribution is -2.70. The van der Waals surface area contributed by atoms with Crippen molar-refractivity contribution in [2.45, 2.75) is 31.7 Å². The summed E-state index contributed by atoms with van der Waals surface area (Å²) in [4.78, 5) is 40.3. The van der Waals surface area contributed by atoms with Gasteiger partial charge in [0.1, 0.15) is 0 Å².